The quantitative estimate of drug-likeness (QED) is 0.487. The van der Waals surface area contributed by atoms with Gasteiger partial charge >= 0.3 is 12.8 Å². The fourth-order valence-corrected chi connectivity index (χ4v) is 2.96. The molecule has 0 fully saturated rings. The van der Waals surface area contributed by atoms with Crippen molar-refractivity contribution in [1.82, 2.24) is 20.3 Å². The molecule has 0 atom stereocenters. The van der Waals surface area contributed by atoms with Gasteiger partial charge in [-0.2, -0.15) is 22.0 Å². The second kappa shape index (κ2) is 9.98. The number of hydrogen-bond acceptors (Lipinski definition) is 5. The summed E-state index contributed by atoms with van der Waals surface area (Å²) < 4.78 is 69.8. The smallest absolute Gasteiger partial charge is 0.417 e. The molecule has 0 spiro atoms. The molecule has 3 rings (SSSR count). The van der Waals surface area contributed by atoms with Crippen LogP contribution >= 0.6 is 0 Å². The van der Waals surface area contributed by atoms with Gasteiger partial charge in [0, 0.05) is 41.9 Å². The number of nitrogens with one attached hydrogen (secondary N) is 2. The van der Waals surface area contributed by atoms with Crippen LogP contribution in [0.25, 0.3) is 22.6 Å². The zero-order valence-electron chi connectivity index (χ0n) is 17.9. The van der Waals surface area contributed by atoms with E-state index in [4.69, 9.17) is 0 Å². The number of amides is 1. The van der Waals surface area contributed by atoms with Gasteiger partial charge in [0.15, 0.2) is 0 Å². The van der Waals surface area contributed by atoms with Gasteiger partial charge in [0.1, 0.15) is 5.82 Å². The van der Waals surface area contributed by atoms with Crippen LogP contribution in [0.2, 0.25) is 0 Å². The molecule has 2 N–H and O–H groups in total. The van der Waals surface area contributed by atoms with Crippen LogP contribution in [0.5, 0.6) is 5.88 Å². The number of aromatic nitrogens is 3. The van der Waals surface area contributed by atoms with Crippen LogP contribution in [0.1, 0.15) is 25.0 Å². The van der Waals surface area contributed by atoms with E-state index in [9.17, 15) is 31.5 Å². The van der Waals surface area contributed by atoms with Gasteiger partial charge < -0.3 is 15.0 Å². The van der Waals surface area contributed by atoms with Crippen LogP contribution in [-0.2, 0) is 17.5 Å². The normalized spacial score (nSPS) is 11.7. The average molecular weight is 482 g/mol. The van der Waals surface area contributed by atoms with Crippen LogP contribution < -0.4 is 15.6 Å². The lowest BCUT2D eigenvalue weighted by atomic mass is 10.0. The second-order valence-corrected chi connectivity index (χ2v) is 7.49. The Hall–Kier alpha value is -3.83. The highest BCUT2D eigenvalue weighted by atomic mass is 19.4. The Morgan fingerprint density at radius 3 is 2.47 bits per heavy atom. The molecule has 0 saturated heterocycles. The molecule has 1 aromatic carbocycles. The number of nitrogens with zero attached hydrogens (tertiary/aromatic N) is 2. The van der Waals surface area contributed by atoms with E-state index in [1.54, 1.807) is 13.8 Å². The maximum atomic E-state index is 13.7. The van der Waals surface area contributed by atoms with Gasteiger partial charge in [0.25, 0.3) is 5.56 Å². The zero-order valence-corrected chi connectivity index (χ0v) is 17.9. The number of pyridine rings is 1. The molecule has 1 amide bonds. The van der Waals surface area contributed by atoms with Gasteiger partial charge in [-0.1, -0.05) is 19.9 Å². The molecular formula is C22H19F5N4O3. The third-order valence-corrected chi connectivity index (χ3v) is 4.62. The van der Waals surface area contributed by atoms with Crippen molar-refractivity contribution in [2.45, 2.75) is 33.2 Å². The van der Waals surface area contributed by atoms with Crippen LogP contribution in [0.15, 0.2) is 47.4 Å². The summed E-state index contributed by atoms with van der Waals surface area (Å²) in [6.07, 6.45) is -3.65. The van der Waals surface area contributed by atoms with Crippen molar-refractivity contribution in [1.29, 1.82) is 0 Å². The Balaban J connectivity index is 2.03. The minimum absolute atomic E-state index is 0.0262. The number of rotatable bonds is 7. The summed E-state index contributed by atoms with van der Waals surface area (Å²) in [6.45, 7) is 0.242. The number of halogens is 5. The summed E-state index contributed by atoms with van der Waals surface area (Å²) >= 11 is 0. The number of H-pyrrole nitrogens is 1. The first-order valence-corrected chi connectivity index (χ1v) is 9.95. The lowest BCUT2D eigenvalue weighted by Gasteiger charge is -2.15. The third kappa shape index (κ3) is 6.15. The molecule has 0 bridgehead atoms. The van der Waals surface area contributed by atoms with Gasteiger partial charge in [-0.25, -0.2) is 9.97 Å². The summed E-state index contributed by atoms with van der Waals surface area (Å²) in [6, 6.07) is 6.69. The topological polar surface area (TPSA) is 97.0 Å². The summed E-state index contributed by atoms with van der Waals surface area (Å²) in [5.74, 6) is -1.32. The minimum atomic E-state index is -4.75. The summed E-state index contributed by atoms with van der Waals surface area (Å²) in [4.78, 5) is 34.2. The molecule has 0 aliphatic heterocycles. The van der Waals surface area contributed by atoms with E-state index in [1.165, 1.54) is 18.2 Å². The predicted octanol–water partition coefficient (Wildman–Crippen LogP) is 4.39. The Morgan fingerprint density at radius 1 is 1.15 bits per heavy atom. The number of ether oxygens (including phenoxy) is 1. The number of aromatic amines is 1. The van der Waals surface area contributed by atoms with E-state index in [1.807, 2.05) is 0 Å². The fraction of sp³-hybridized carbons (Fsp3) is 0.273. The molecule has 12 heteroatoms. The number of benzene rings is 1. The predicted molar refractivity (Wildman–Crippen MR) is 112 cm³/mol. The van der Waals surface area contributed by atoms with E-state index in [-0.39, 0.29) is 41.3 Å². The maximum absolute atomic E-state index is 13.7. The standard InChI is InChI=1S/C22H19F5N4O3/c1-11(2)20(33)29-9-12-3-5-15(22(25,26)27)14(7-12)19-30-16(8-17(32)31-19)13-4-6-18(28-10-13)34-21(23)24/h3-8,10-11,21H,9H2,1-2H3,(H,29,33)(H,30,31,32). The summed E-state index contributed by atoms with van der Waals surface area (Å²) in [5, 5.41) is 2.62. The summed E-state index contributed by atoms with van der Waals surface area (Å²) in [7, 11) is 0. The van der Waals surface area contributed by atoms with E-state index in [0.29, 0.717) is 5.56 Å². The largest absolute Gasteiger partial charge is 0.417 e. The molecule has 3 aromatic rings. The van der Waals surface area contributed by atoms with Gasteiger partial charge in [0.2, 0.25) is 11.8 Å². The third-order valence-electron chi connectivity index (χ3n) is 4.62. The van der Waals surface area contributed by atoms with Crippen molar-refractivity contribution in [3.05, 3.63) is 64.1 Å². The molecule has 7 nitrogen and oxygen atoms in total. The van der Waals surface area contributed by atoms with Gasteiger partial charge in [-0.3, -0.25) is 9.59 Å². The molecule has 2 heterocycles. The summed E-state index contributed by atoms with van der Waals surface area (Å²) in [5.41, 5.74) is -1.64. The molecule has 34 heavy (non-hydrogen) atoms. The van der Waals surface area contributed by atoms with Gasteiger partial charge in [-0.15, -0.1) is 0 Å². The van der Waals surface area contributed by atoms with Gasteiger partial charge in [-0.05, 0) is 23.8 Å². The van der Waals surface area contributed by atoms with Crippen molar-refractivity contribution < 1.29 is 31.5 Å². The monoisotopic (exact) mass is 482 g/mol. The molecule has 0 aliphatic carbocycles. The highest BCUT2D eigenvalue weighted by Crippen LogP contribution is 2.36. The van der Waals surface area contributed by atoms with Crippen molar-refractivity contribution in [3.8, 4) is 28.5 Å². The van der Waals surface area contributed by atoms with Crippen molar-refractivity contribution in [2.75, 3.05) is 0 Å². The first-order valence-electron chi connectivity index (χ1n) is 9.95. The van der Waals surface area contributed by atoms with Crippen molar-refractivity contribution in [3.63, 3.8) is 0 Å². The highest BCUT2D eigenvalue weighted by Gasteiger charge is 2.34. The first kappa shape index (κ1) is 24.8. The van der Waals surface area contributed by atoms with Crippen molar-refractivity contribution >= 4 is 5.91 Å². The Morgan fingerprint density at radius 2 is 1.88 bits per heavy atom. The van der Waals surface area contributed by atoms with Crippen LogP contribution in [0.4, 0.5) is 22.0 Å². The van der Waals surface area contributed by atoms with E-state index < -0.39 is 29.5 Å². The SMILES string of the molecule is CC(C)C(=O)NCc1ccc(C(F)(F)F)c(-c2nc(-c3ccc(OC(F)F)nc3)cc(=O)[nH]2)c1. The van der Waals surface area contributed by atoms with Crippen LogP contribution in [-0.4, -0.2) is 27.5 Å². The lowest BCUT2D eigenvalue weighted by molar-refractivity contribution is -0.137. The first-order chi connectivity index (χ1) is 15.9. The Bertz CT molecular complexity index is 1220. The number of carbonyl (C=O) groups is 1. The van der Waals surface area contributed by atoms with Crippen molar-refractivity contribution in [2.24, 2.45) is 5.92 Å². The molecule has 2 aromatic heterocycles. The average Bonchev–Trinajstić information content (AvgIpc) is 2.76. The van der Waals surface area contributed by atoms with Crippen LogP contribution in [0.3, 0.4) is 0 Å². The maximum Gasteiger partial charge on any atom is 0.417 e. The van der Waals surface area contributed by atoms with E-state index >= 15 is 0 Å². The number of hydrogen-bond donors (Lipinski definition) is 2. The minimum Gasteiger partial charge on any atom is -0.417 e. The highest BCUT2D eigenvalue weighted by molar-refractivity contribution is 5.78. The lowest BCUT2D eigenvalue weighted by Crippen LogP contribution is -2.27. The molecular weight excluding hydrogens is 463 g/mol. The Kier molecular flexibility index (Phi) is 7.28. The van der Waals surface area contributed by atoms with E-state index in [2.05, 4.69) is 25.0 Å². The Labute approximate surface area is 190 Å². The van der Waals surface area contributed by atoms with E-state index in [0.717, 1.165) is 24.4 Å². The molecule has 0 radical (unpaired) electrons. The molecule has 0 aliphatic rings. The molecule has 0 unspecified atom stereocenters. The fourth-order valence-electron chi connectivity index (χ4n) is 2.96. The molecule has 0 saturated carbocycles. The number of carbonyl (C=O) groups excluding carboxylic acids is 1. The number of alkyl halides is 5. The van der Waals surface area contributed by atoms with Gasteiger partial charge in [0.05, 0.1) is 11.3 Å². The van der Waals surface area contributed by atoms with Crippen LogP contribution in [0, 0.1) is 5.92 Å². The molecule has 180 valence electrons. The second-order valence-electron chi connectivity index (χ2n) is 7.49. The zero-order chi connectivity index (χ0) is 25.0.